The van der Waals surface area contributed by atoms with Crippen molar-refractivity contribution in [3.8, 4) is 11.5 Å². The predicted octanol–water partition coefficient (Wildman–Crippen LogP) is 6.29. The second-order valence-electron chi connectivity index (χ2n) is 6.83. The predicted molar refractivity (Wildman–Crippen MR) is 112 cm³/mol. The maximum atomic E-state index is 13.2. The maximum absolute atomic E-state index is 13.2. The molecule has 0 fully saturated rings. The largest absolute Gasteiger partial charge is 0.492 e. The molecule has 0 atom stereocenters. The number of halogens is 4. The minimum absolute atomic E-state index is 0.0447. The zero-order valence-electron chi connectivity index (χ0n) is 14.3. The first-order chi connectivity index (χ1) is 11.7. The minimum atomic E-state index is -0.279. The third-order valence-electron chi connectivity index (χ3n) is 3.89. The minimum Gasteiger partial charge on any atom is -0.492 e. The Morgan fingerprint density at radius 3 is 1.56 bits per heavy atom. The van der Waals surface area contributed by atoms with E-state index >= 15 is 0 Å². The molecule has 2 aromatic rings. The molecule has 0 saturated carbocycles. The third kappa shape index (κ3) is 6.23. The van der Waals surface area contributed by atoms with Crippen molar-refractivity contribution in [2.75, 3.05) is 13.2 Å². The van der Waals surface area contributed by atoms with Crippen LogP contribution in [0.4, 0.5) is 8.78 Å². The number of ether oxygens (including phenoxy) is 2. The van der Waals surface area contributed by atoms with E-state index in [1.807, 2.05) is 0 Å². The quantitative estimate of drug-likeness (QED) is 0.379. The molecule has 136 valence electrons. The molecule has 25 heavy (non-hydrogen) atoms. The maximum Gasteiger partial charge on any atom is 0.132 e. The molecule has 0 amide bonds. The average Bonchev–Trinajstić information content (AvgIpc) is 2.49. The van der Waals surface area contributed by atoms with E-state index in [1.54, 1.807) is 12.1 Å². The normalized spacial score (nSPS) is 11.7. The van der Waals surface area contributed by atoms with Crippen LogP contribution in [0.1, 0.15) is 20.8 Å². The van der Waals surface area contributed by atoms with Gasteiger partial charge < -0.3 is 9.47 Å². The molecule has 0 spiro atoms. The van der Waals surface area contributed by atoms with Crippen LogP contribution < -0.4 is 9.47 Å². The zero-order chi connectivity index (χ0) is 18.6. The van der Waals surface area contributed by atoms with Crippen LogP contribution in [-0.4, -0.2) is 13.2 Å². The summed E-state index contributed by atoms with van der Waals surface area (Å²) >= 11 is 4.12. The molecule has 0 aliphatic heterocycles. The van der Waals surface area contributed by atoms with Gasteiger partial charge in [0.25, 0.3) is 0 Å². The standard InChI is InChI=1S/C19H20F2I2O2/c1-19(2,3)12(10-24-17-6-4-13(20)8-15(17)22)11-25-18-7-5-14(21)9-16(18)23/h4-9,12H,10-11H2,1-3H3. The van der Waals surface area contributed by atoms with Crippen molar-refractivity contribution in [1.29, 1.82) is 0 Å². The number of benzene rings is 2. The molecule has 0 aliphatic rings. The molecule has 2 nitrogen and oxygen atoms in total. The Morgan fingerprint density at radius 1 is 0.840 bits per heavy atom. The number of rotatable bonds is 6. The van der Waals surface area contributed by atoms with Crippen molar-refractivity contribution in [3.05, 3.63) is 55.2 Å². The van der Waals surface area contributed by atoms with E-state index in [2.05, 4.69) is 66.0 Å². The summed E-state index contributed by atoms with van der Waals surface area (Å²) in [5, 5.41) is 0. The topological polar surface area (TPSA) is 18.5 Å². The Morgan fingerprint density at radius 2 is 1.24 bits per heavy atom. The Balaban J connectivity index is 2.03. The molecule has 0 bridgehead atoms. The van der Waals surface area contributed by atoms with Crippen LogP contribution >= 0.6 is 45.2 Å². The van der Waals surface area contributed by atoms with Crippen LogP contribution in [-0.2, 0) is 0 Å². The van der Waals surface area contributed by atoms with Crippen molar-refractivity contribution < 1.29 is 18.3 Å². The summed E-state index contributed by atoms with van der Waals surface area (Å²) in [5.41, 5.74) is -0.0447. The van der Waals surface area contributed by atoms with Gasteiger partial charge in [-0.3, -0.25) is 0 Å². The van der Waals surface area contributed by atoms with Gasteiger partial charge in [-0.15, -0.1) is 0 Å². The van der Waals surface area contributed by atoms with E-state index < -0.39 is 0 Å². The zero-order valence-corrected chi connectivity index (χ0v) is 18.6. The Hall–Kier alpha value is -0.640. The van der Waals surface area contributed by atoms with Gasteiger partial charge in [0.2, 0.25) is 0 Å². The van der Waals surface area contributed by atoms with Gasteiger partial charge in [-0.05, 0) is 87.0 Å². The average molecular weight is 572 g/mol. The van der Waals surface area contributed by atoms with Crippen LogP contribution in [0.25, 0.3) is 0 Å². The van der Waals surface area contributed by atoms with Gasteiger partial charge in [-0.2, -0.15) is 0 Å². The molecule has 2 rings (SSSR count). The van der Waals surface area contributed by atoms with Gasteiger partial charge in [-0.1, -0.05) is 20.8 Å². The van der Waals surface area contributed by atoms with Gasteiger partial charge in [0.15, 0.2) is 0 Å². The summed E-state index contributed by atoms with van der Waals surface area (Å²) in [6.07, 6.45) is 0. The van der Waals surface area contributed by atoms with E-state index in [9.17, 15) is 8.78 Å². The van der Waals surface area contributed by atoms with Crippen LogP contribution in [0.3, 0.4) is 0 Å². The highest BCUT2D eigenvalue weighted by atomic mass is 127. The van der Waals surface area contributed by atoms with Crippen molar-refractivity contribution in [3.63, 3.8) is 0 Å². The monoisotopic (exact) mass is 572 g/mol. The van der Waals surface area contributed by atoms with Gasteiger partial charge in [0.1, 0.15) is 23.1 Å². The SMILES string of the molecule is CC(C)(C)C(COc1ccc(F)cc1I)COc1ccc(F)cc1I. The second-order valence-corrected chi connectivity index (χ2v) is 9.16. The van der Waals surface area contributed by atoms with Crippen molar-refractivity contribution in [2.45, 2.75) is 20.8 Å². The number of hydrogen-bond donors (Lipinski definition) is 0. The summed E-state index contributed by atoms with van der Waals surface area (Å²) in [6, 6.07) is 8.95. The fraction of sp³-hybridized carbons (Fsp3) is 0.368. The van der Waals surface area contributed by atoms with Gasteiger partial charge in [0, 0.05) is 5.92 Å². The Kier molecular flexibility index (Phi) is 7.30. The lowest BCUT2D eigenvalue weighted by Crippen LogP contribution is -2.32. The van der Waals surface area contributed by atoms with E-state index in [0.29, 0.717) is 24.7 Å². The molecule has 6 heteroatoms. The smallest absolute Gasteiger partial charge is 0.132 e. The Bertz CT molecular complexity index is 674. The molecule has 0 saturated heterocycles. The van der Waals surface area contributed by atoms with Crippen molar-refractivity contribution in [1.82, 2.24) is 0 Å². The first-order valence-electron chi connectivity index (χ1n) is 7.82. The van der Waals surface area contributed by atoms with Gasteiger partial charge in [0.05, 0.1) is 20.4 Å². The van der Waals surface area contributed by atoms with Crippen LogP contribution in [0.5, 0.6) is 11.5 Å². The lowest BCUT2D eigenvalue weighted by molar-refractivity contribution is 0.0913. The summed E-state index contributed by atoms with van der Waals surface area (Å²) in [4.78, 5) is 0. The van der Waals surface area contributed by atoms with Crippen LogP contribution in [0, 0.1) is 30.1 Å². The Labute approximate surface area is 174 Å². The van der Waals surface area contributed by atoms with Gasteiger partial charge in [-0.25, -0.2) is 8.78 Å². The summed E-state index contributed by atoms with van der Waals surface area (Å²) in [6.45, 7) is 7.26. The lowest BCUT2D eigenvalue weighted by atomic mass is 9.82. The van der Waals surface area contributed by atoms with Crippen molar-refractivity contribution in [2.24, 2.45) is 11.3 Å². The molecular weight excluding hydrogens is 552 g/mol. The molecule has 0 aromatic heterocycles. The highest BCUT2D eigenvalue weighted by Gasteiger charge is 2.27. The fourth-order valence-corrected chi connectivity index (χ4v) is 3.38. The second kappa shape index (κ2) is 8.83. The fourth-order valence-electron chi connectivity index (χ4n) is 2.11. The van der Waals surface area contributed by atoms with Gasteiger partial charge >= 0.3 is 0 Å². The third-order valence-corrected chi connectivity index (χ3v) is 5.58. The summed E-state index contributed by atoms with van der Waals surface area (Å²) in [7, 11) is 0. The first-order valence-corrected chi connectivity index (χ1v) is 9.98. The van der Waals surface area contributed by atoms with E-state index in [-0.39, 0.29) is 23.0 Å². The van der Waals surface area contributed by atoms with Crippen LogP contribution in [0.2, 0.25) is 0 Å². The number of hydrogen-bond acceptors (Lipinski definition) is 2. The molecule has 0 aliphatic carbocycles. The van der Waals surface area contributed by atoms with E-state index in [0.717, 1.165) is 7.14 Å². The highest BCUT2D eigenvalue weighted by Crippen LogP contribution is 2.30. The van der Waals surface area contributed by atoms with E-state index in [1.165, 1.54) is 24.3 Å². The van der Waals surface area contributed by atoms with E-state index in [4.69, 9.17) is 9.47 Å². The molecular formula is C19H20F2I2O2. The lowest BCUT2D eigenvalue weighted by Gasteiger charge is -2.30. The molecule has 0 heterocycles. The molecule has 0 unspecified atom stereocenters. The molecule has 0 radical (unpaired) electrons. The van der Waals surface area contributed by atoms with Crippen LogP contribution in [0.15, 0.2) is 36.4 Å². The molecule has 0 N–H and O–H groups in total. The first kappa shape index (κ1) is 20.7. The highest BCUT2D eigenvalue weighted by molar-refractivity contribution is 14.1. The summed E-state index contributed by atoms with van der Waals surface area (Å²) < 4.78 is 39.7. The summed E-state index contributed by atoms with van der Waals surface area (Å²) in [5.74, 6) is 0.867. The molecule has 2 aromatic carbocycles. The van der Waals surface area contributed by atoms with Crippen molar-refractivity contribution >= 4 is 45.2 Å².